The molecule has 3 amide bonds. The van der Waals surface area contributed by atoms with Crippen LogP contribution < -0.4 is 25.4 Å². The van der Waals surface area contributed by atoms with Crippen molar-refractivity contribution in [2.24, 2.45) is 5.92 Å². The van der Waals surface area contributed by atoms with Gasteiger partial charge in [-0.1, -0.05) is 12.2 Å². The molecule has 240 valence electrons. The molecule has 0 unspecified atom stereocenters. The number of benzene rings is 1. The number of nitrogens with one attached hydrogen (secondary N) is 3. The second-order valence-corrected chi connectivity index (χ2v) is 12.6. The minimum absolute atomic E-state index is 0.0628. The monoisotopic (exact) mass is 636 g/mol. The van der Waals surface area contributed by atoms with Crippen LogP contribution in [0.4, 0.5) is 9.93 Å². The first-order valence-electron chi connectivity index (χ1n) is 15.2. The topological polar surface area (TPSA) is 155 Å². The number of anilines is 1. The van der Waals surface area contributed by atoms with Crippen LogP contribution in [0.2, 0.25) is 0 Å². The summed E-state index contributed by atoms with van der Waals surface area (Å²) in [6.45, 7) is 4.68. The first-order valence-corrected chi connectivity index (χ1v) is 16.1. The fourth-order valence-electron chi connectivity index (χ4n) is 5.32. The molecule has 2 aliphatic rings. The Bertz CT molecular complexity index is 1590. The molecule has 0 bridgehead atoms. The molecular formula is C32H40N6O6S. The molecule has 0 spiro atoms. The number of pyridine rings is 1. The molecule has 1 aromatic carbocycles. The number of urea groups is 1. The van der Waals surface area contributed by atoms with E-state index >= 15 is 0 Å². The number of thiazole rings is 1. The van der Waals surface area contributed by atoms with Crippen LogP contribution in [0.25, 0.3) is 22.3 Å². The predicted molar refractivity (Wildman–Crippen MR) is 173 cm³/mol. The van der Waals surface area contributed by atoms with Crippen LogP contribution in [0, 0.1) is 5.92 Å². The Kier molecular flexibility index (Phi) is 9.76. The van der Waals surface area contributed by atoms with Crippen LogP contribution >= 0.6 is 11.3 Å². The lowest BCUT2D eigenvalue weighted by molar-refractivity contribution is -0.143. The van der Waals surface area contributed by atoms with Crippen LogP contribution in [0.1, 0.15) is 46.0 Å². The zero-order valence-corrected chi connectivity index (χ0v) is 26.8. The average Bonchev–Trinajstić information content (AvgIpc) is 3.51. The van der Waals surface area contributed by atoms with Crippen LogP contribution in [0.5, 0.6) is 11.5 Å². The van der Waals surface area contributed by atoms with E-state index in [1.165, 1.54) is 16.2 Å². The number of ether oxygens (including phenoxy) is 2. The first kappa shape index (κ1) is 32.0. The molecule has 1 aliphatic carbocycles. The van der Waals surface area contributed by atoms with Crippen molar-refractivity contribution >= 4 is 45.3 Å². The lowest BCUT2D eigenvalue weighted by Crippen LogP contribution is -2.55. The third-order valence-electron chi connectivity index (χ3n) is 8.01. The highest BCUT2D eigenvalue weighted by Gasteiger charge is 2.60. The highest BCUT2D eigenvalue weighted by molar-refractivity contribution is 7.14. The number of hydrogen-bond acceptors (Lipinski definition) is 9. The number of hydrogen-bond donors (Lipinski definition) is 4. The molecule has 12 nitrogen and oxygen atoms in total. The summed E-state index contributed by atoms with van der Waals surface area (Å²) < 4.78 is 11.7. The van der Waals surface area contributed by atoms with Gasteiger partial charge in [-0.05, 0) is 51.7 Å². The van der Waals surface area contributed by atoms with E-state index in [1.807, 2.05) is 55.6 Å². The normalized spacial score (nSPS) is 23.0. The molecule has 0 radical (unpaired) electrons. The Morgan fingerprint density at radius 3 is 2.80 bits per heavy atom. The van der Waals surface area contributed by atoms with Crippen molar-refractivity contribution in [2.45, 2.75) is 63.6 Å². The maximum Gasteiger partial charge on any atom is 0.330 e. The largest absolute Gasteiger partial charge is 0.497 e. The Balaban J connectivity index is 1.38. The number of nitrogens with zero attached hydrogens (tertiary/aromatic N) is 3. The molecular weight excluding hydrogens is 596 g/mol. The van der Waals surface area contributed by atoms with E-state index in [1.54, 1.807) is 14.2 Å². The molecule has 4 N–H and O–H groups in total. The highest BCUT2D eigenvalue weighted by Crippen LogP contribution is 2.45. The summed E-state index contributed by atoms with van der Waals surface area (Å²) >= 11 is 1.48. The van der Waals surface area contributed by atoms with E-state index in [0.29, 0.717) is 41.4 Å². The number of carbonyl (C=O) groups excluding carboxylic acids is 2. The maximum atomic E-state index is 13.5. The molecule has 3 heterocycles. The van der Waals surface area contributed by atoms with E-state index in [-0.39, 0.29) is 25.0 Å². The summed E-state index contributed by atoms with van der Waals surface area (Å²) in [6.07, 6.45) is 6.71. The summed E-state index contributed by atoms with van der Waals surface area (Å²) in [6, 6.07) is 6.11. The van der Waals surface area contributed by atoms with E-state index in [9.17, 15) is 19.5 Å². The van der Waals surface area contributed by atoms with Gasteiger partial charge in [0.15, 0.2) is 5.13 Å². The van der Waals surface area contributed by atoms with Crippen LogP contribution in [-0.2, 0) is 9.59 Å². The molecule has 1 aliphatic heterocycles. The summed E-state index contributed by atoms with van der Waals surface area (Å²) in [5, 5.41) is 22.3. The Hall–Kier alpha value is -4.39. The van der Waals surface area contributed by atoms with Gasteiger partial charge in [0, 0.05) is 54.9 Å². The molecule has 5 rings (SSSR count). The van der Waals surface area contributed by atoms with Gasteiger partial charge in [0.2, 0.25) is 5.91 Å². The summed E-state index contributed by atoms with van der Waals surface area (Å²) in [4.78, 5) is 49.8. The Labute approximate surface area is 266 Å². The molecule has 1 saturated carbocycles. The second kappa shape index (κ2) is 13.7. The number of allylic oxidation sites excluding steroid dienone is 1. The van der Waals surface area contributed by atoms with Crippen molar-refractivity contribution in [3.05, 3.63) is 41.8 Å². The standard InChI is InChI=1S/C32H40N6O6S/c1-19(2)33-30-35-26(18-45-30)25-16-27(22-11-10-21(43-4)15-24(22)34-25)44-14-12-23-28(39)37-32(29(40)41)17-20(32)9-7-5-6-8-13-38(3)31(42)36-23/h7,9-11,15-16,18-20,23H,5-6,8,12-14,17H2,1-4H3,(H,33,35)(H,36,42)(H,37,39)(H,40,41)/b9-7-/t20-,23+,32-/m1/s1. The average molecular weight is 637 g/mol. The van der Waals surface area contributed by atoms with Crippen molar-refractivity contribution in [1.82, 2.24) is 25.5 Å². The smallest absolute Gasteiger partial charge is 0.330 e. The number of aromatic nitrogens is 2. The molecule has 1 fully saturated rings. The number of carbonyl (C=O) groups is 3. The lowest BCUT2D eigenvalue weighted by Gasteiger charge is -2.25. The van der Waals surface area contributed by atoms with Gasteiger partial charge in [-0.25, -0.2) is 19.6 Å². The van der Waals surface area contributed by atoms with Gasteiger partial charge < -0.3 is 35.4 Å². The number of rotatable bonds is 9. The number of carboxylic acid groups (broad SMARTS) is 1. The SMILES string of the molecule is COc1ccc2c(OCC[C@@H]3NC(=O)N(C)CCCC/C=C\[C@@H]4C[C@@]4(C(=O)O)NC3=O)cc(-c3csc(NC(C)C)n3)nc2c1. The van der Waals surface area contributed by atoms with Gasteiger partial charge in [-0.15, -0.1) is 11.3 Å². The van der Waals surface area contributed by atoms with Crippen molar-refractivity contribution in [3.63, 3.8) is 0 Å². The van der Waals surface area contributed by atoms with E-state index < -0.39 is 29.5 Å². The summed E-state index contributed by atoms with van der Waals surface area (Å²) in [7, 11) is 3.27. The molecule has 0 saturated heterocycles. The van der Waals surface area contributed by atoms with Gasteiger partial charge in [-0.3, -0.25) is 4.79 Å². The van der Waals surface area contributed by atoms with Gasteiger partial charge in [0.05, 0.1) is 24.9 Å². The third-order valence-corrected chi connectivity index (χ3v) is 8.78. The highest BCUT2D eigenvalue weighted by atomic mass is 32.1. The number of amides is 3. The minimum atomic E-state index is -1.38. The lowest BCUT2D eigenvalue weighted by atomic mass is 10.1. The number of fused-ring (bicyclic) bond motifs is 2. The maximum absolute atomic E-state index is 13.5. The molecule has 13 heteroatoms. The number of methoxy groups -OCH3 is 1. The predicted octanol–water partition coefficient (Wildman–Crippen LogP) is 4.67. The van der Waals surface area contributed by atoms with E-state index in [4.69, 9.17) is 14.5 Å². The van der Waals surface area contributed by atoms with Gasteiger partial charge in [0.25, 0.3) is 0 Å². The van der Waals surface area contributed by atoms with Crippen LogP contribution in [0.3, 0.4) is 0 Å². The molecule has 3 aromatic rings. The second-order valence-electron chi connectivity index (χ2n) is 11.8. The van der Waals surface area contributed by atoms with Crippen molar-refractivity contribution in [1.29, 1.82) is 0 Å². The fourth-order valence-corrected chi connectivity index (χ4v) is 6.17. The van der Waals surface area contributed by atoms with Crippen molar-refractivity contribution < 1.29 is 29.0 Å². The third kappa shape index (κ3) is 7.47. The van der Waals surface area contributed by atoms with E-state index in [0.717, 1.165) is 29.8 Å². The zero-order valence-electron chi connectivity index (χ0n) is 26.0. The number of carboxylic acids is 1. The Morgan fingerprint density at radius 1 is 1.22 bits per heavy atom. The molecule has 2 aromatic heterocycles. The molecule has 3 atom stereocenters. The van der Waals surface area contributed by atoms with E-state index in [2.05, 4.69) is 20.9 Å². The molecule has 45 heavy (non-hydrogen) atoms. The summed E-state index contributed by atoms with van der Waals surface area (Å²) in [5.74, 6) is -0.771. The van der Waals surface area contributed by atoms with Crippen molar-refractivity contribution in [2.75, 3.05) is 32.6 Å². The van der Waals surface area contributed by atoms with Crippen LogP contribution in [0.15, 0.2) is 41.8 Å². The van der Waals surface area contributed by atoms with Crippen molar-refractivity contribution in [3.8, 4) is 22.9 Å². The minimum Gasteiger partial charge on any atom is -0.497 e. The van der Waals surface area contributed by atoms with Gasteiger partial charge in [-0.2, -0.15) is 0 Å². The van der Waals surface area contributed by atoms with Crippen LogP contribution in [-0.4, -0.2) is 82.8 Å². The summed E-state index contributed by atoms with van der Waals surface area (Å²) in [5.41, 5.74) is 0.570. The first-order chi connectivity index (χ1) is 21.6. The Morgan fingerprint density at radius 2 is 2.04 bits per heavy atom. The quantitative estimate of drug-likeness (QED) is 0.245. The zero-order chi connectivity index (χ0) is 32.1. The van der Waals surface area contributed by atoms with Gasteiger partial charge in [0.1, 0.15) is 28.8 Å². The fraction of sp³-hybridized carbons (Fsp3) is 0.469. The number of aliphatic carboxylic acids is 1. The van der Waals surface area contributed by atoms with Gasteiger partial charge >= 0.3 is 12.0 Å².